The van der Waals surface area contributed by atoms with Gasteiger partial charge >= 0.3 is 0 Å². The molecule has 3 rings (SSSR count). The molecule has 0 saturated carbocycles. The predicted molar refractivity (Wildman–Crippen MR) is 76.6 cm³/mol. The average molecular weight is 289 g/mol. The predicted octanol–water partition coefficient (Wildman–Crippen LogP) is 1.18. The molecule has 112 valence electrons. The normalized spacial score (nSPS) is 21.7. The summed E-state index contributed by atoms with van der Waals surface area (Å²) in [6, 6.07) is 3.75. The smallest absolute Gasteiger partial charge is 0.231 e. The first-order valence-corrected chi connectivity index (χ1v) is 6.97. The Balaban J connectivity index is 1.77. The summed E-state index contributed by atoms with van der Waals surface area (Å²) in [6.07, 6.45) is 2.18. The van der Waals surface area contributed by atoms with Gasteiger partial charge in [0.15, 0.2) is 0 Å². The molecule has 21 heavy (non-hydrogen) atoms. The van der Waals surface area contributed by atoms with Crippen molar-refractivity contribution in [2.45, 2.75) is 19.4 Å². The summed E-state index contributed by atoms with van der Waals surface area (Å²) >= 11 is 0. The van der Waals surface area contributed by atoms with Gasteiger partial charge in [0.2, 0.25) is 5.91 Å². The maximum Gasteiger partial charge on any atom is 0.231 e. The highest BCUT2D eigenvalue weighted by Gasteiger charge is 2.37. The number of hydrogen-bond donors (Lipinski definition) is 1. The first kappa shape index (κ1) is 13.8. The van der Waals surface area contributed by atoms with Gasteiger partial charge in [-0.15, -0.1) is 0 Å². The van der Waals surface area contributed by atoms with Gasteiger partial charge in [-0.25, -0.2) is 0 Å². The minimum Gasteiger partial charge on any atom is -0.371 e. The van der Waals surface area contributed by atoms with Crippen molar-refractivity contribution in [2.75, 3.05) is 11.9 Å². The molecule has 2 atom stereocenters. The molecule has 1 aliphatic rings. The van der Waals surface area contributed by atoms with Crippen LogP contribution in [-0.2, 0) is 23.6 Å². The van der Waals surface area contributed by atoms with Gasteiger partial charge in [-0.2, -0.15) is 10.2 Å². The lowest BCUT2D eigenvalue weighted by Gasteiger charge is -2.18. The molecule has 0 bridgehead atoms. The first-order chi connectivity index (χ1) is 10.1. The Morgan fingerprint density at radius 2 is 2.24 bits per heavy atom. The van der Waals surface area contributed by atoms with E-state index in [0.29, 0.717) is 18.8 Å². The SMILES string of the molecule is Cc1cc(NC(=O)[C@@H]2CCO[C@H]2c2ccnn2C)n(C)n1. The summed E-state index contributed by atoms with van der Waals surface area (Å²) in [5.41, 5.74) is 1.80. The Kier molecular flexibility index (Phi) is 3.50. The maximum absolute atomic E-state index is 12.5. The van der Waals surface area contributed by atoms with Crippen LogP contribution in [0.4, 0.5) is 5.82 Å². The first-order valence-electron chi connectivity index (χ1n) is 6.97. The second-order valence-corrected chi connectivity index (χ2v) is 5.35. The standard InChI is InChI=1S/C14H19N5O2/c1-9-8-12(19(3)17-9)16-14(20)10-5-7-21-13(10)11-4-6-15-18(11)2/h4,6,8,10,13H,5,7H2,1-3H3,(H,16,20)/t10-,13-/m1/s1. The maximum atomic E-state index is 12.5. The molecule has 3 heterocycles. The van der Waals surface area contributed by atoms with Crippen LogP contribution in [0.25, 0.3) is 0 Å². The van der Waals surface area contributed by atoms with Gasteiger partial charge in [0.25, 0.3) is 0 Å². The number of amides is 1. The molecule has 0 aliphatic carbocycles. The van der Waals surface area contributed by atoms with Gasteiger partial charge in [0, 0.05) is 33.0 Å². The van der Waals surface area contributed by atoms with Crippen molar-refractivity contribution in [3.05, 3.63) is 29.7 Å². The molecule has 7 nitrogen and oxygen atoms in total. The second-order valence-electron chi connectivity index (χ2n) is 5.35. The quantitative estimate of drug-likeness (QED) is 0.920. The van der Waals surface area contributed by atoms with Crippen LogP contribution in [0.5, 0.6) is 0 Å². The van der Waals surface area contributed by atoms with E-state index in [1.54, 1.807) is 15.6 Å². The van der Waals surface area contributed by atoms with E-state index in [0.717, 1.165) is 11.4 Å². The van der Waals surface area contributed by atoms with E-state index in [9.17, 15) is 4.79 Å². The number of aromatic nitrogens is 4. The number of hydrogen-bond acceptors (Lipinski definition) is 4. The fourth-order valence-electron chi connectivity index (χ4n) is 2.76. The summed E-state index contributed by atoms with van der Waals surface area (Å²) in [5.74, 6) is 0.450. The highest BCUT2D eigenvalue weighted by molar-refractivity contribution is 5.92. The third-order valence-electron chi connectivity index (χ3n) is 3.83. The minimum atomic E-state index is -0.244. The third kappa shape index (κ3) is 2.56. The summed E-state index contributed by atoms with van der Waals surface area (Å²) in [5, 5.41) is 11.3. The lowest BCUT2D eigenvalue weighted by atomic mass is 9.98. The number of carbonyl (C=O) groups excluding carboxylic acids is 1. The summed E-state index contributed by atoms with van der Waals surface area (Å²) < 4.78 is 9.16. The number of carbonyl (C=O) groups is 1. The zero-order valence-electron chi connectivity index (χ0n) is 12.4. The fraction of sp³-hybridized carbons (Fsp3) is 0.500. The molecular weight excluding hydrogens is 270 g/mol. The summed E-state index contributed by atoms with van der Waals surface area (Å²) in [7, 11) is 3.67. The number of nitrogens with zero attached hydrogens (tertiary/aromatic N) is 4. The molecule has 1 fully saturated rings. The molecule has 2 aromatic rings. The van der Waals surface area contributed by atoms with Crippen molar-refractivity contribution >= 4 is 11.7 Å². The van der Waals surface area contributed by atoms with Crippen molar-refractivity contribution in [1.82, 2.24) is 19.6 Å². The molecule has 1 saturated heterocycles. The van der Waals surface area contributed by atoms with Gasteiger partial charge in [-0.3, -0.25) is 14.2 Å². The fourth-order valence-corrected chi connectivity index (χ4v) is 2.76. The summed E-state index contributed by atoms with van der Waals surface area (Å²) in [6.45, 7) is 2.48. The van der Waals surface area contributed by atoms with Gasteiger partial charge in [0.1, 0.15) is 11.9 Å². The monoisotopic (exact) mass is 289 g/mol. The molecule has 0 spiro atoms. The molecule has 0 unspecified atom stereocenters. The van der Waals surface area contributed by atoms with Crippen LogP contribution in [0.3, 0.4) is 0 Å². The van der Waals surface area contributed by atoms with Crippen molar-refractivity contribution < 1.29 is 9.53 Å². The molecule has 0 radical (unpaired) electrons. The summed E-state index contributed by atoms with van der Waals surface area (Å²) in [4.78, 5) is 12.5. The zero-order valence-corrected chi connectivity index (χ0v) is 12.4. The second kappa shape index (κ2) is 5.33. The number of ether oxygens (including phenoxy) is 1. The van der Waals surface area contributed by atoms with E-state index in [1.807, 2.05) is 33.2 Å². The molecule has 1 aliphatic heterocycles. The number of nitrogens with one attached hydrogen (secondary N) is 1. The Bertz CT molecular complexity index is 660. The van der Waals surface area contributed by atoms with Gasteiger partial charge in [0.05, 0.1) is 17.3 Å². The number of aryl methyl sites for hydroxylation is 3. The Morgan fingerprint density at radius 3 is 2.86 bits per heavy atom. The van der Waals surface area contributed by atoms with E-state index >= 15 is 0 Å². The van der Waals surface area contributed by atoms with E-state index < -0.39 is 0 Å². The van der Waals surface area contributed by atoms with Crippen LogP contribution < -0.4 is 5.32 Å². The molecule has 2 aromatic heterocycles. The van der Waals surface area contributed by atoms with Crippen LogP contribution in [0.2, 0.25) is 0 Å². The van der Waals surface area contributed by atoms with Crippen LogP contribution in [0.1, 0.15) is 23.9 Å². The van der Waals surface area contributed by atoms with E-state index in [4.69, 9.17) is 4.74 Å². The minimum absolute atomic E-state index is 0.0401. The molecule has 0 aromatic carbocycles. The Morgan fingerprint density at radius 1 is 1.43 bits per heavy atom. The Labute approximate surface area is 122 Å². The van der Waals surface area contributed by atoms with E-state index in [-0.39, 0.29) is 17.9 Å². The van der Waals surface area contributed by atoms with Crippen LogP contribution in [0.15, 0.2) is 18.3 Å². The van der Waals surface area contributed by atoms with E-state index in [2.05, 4.69) is 15.5 Å². The lowest BCUT2D eigenvalue weighted by Crippen LogP contribution is -2.27. The molecule has 1 N–H and O–H groups in total. The van der Waals surface area contributed by atoms with E-state index in [1.165, 1.54) is 0 Å². The van der Waals surface area contributed by atoms with Gasteiger partial charge in [-0.1, -0.05) is 0 Å². The topological polar surface area (TPSA) is 74.0 Å². The molecule has 7 heteroatoms. The lowest BCUT2D eigenvalue weighted by molar-refractivity contribution is -0.121. The Hall–Kier alpha value is -2.15. The van der Waals surface area contributed by atoms with Gasteiger partial charge < -0.3 is 10.1 Å². The average Bonchev–Trinajstić information content (AvgIpc) is 3.10. The van der Waals surface area contributed by atoms with Crippen molar-refractivity contribution in [2.24, 2.45) is 20.0 Å². The van der Waals surface area contributed by atoms with Crippen molar-refractivity contribution in [3.8, 4) is 0 Å². The van der Waals surface area contributed by atoms with Crippen LogP contribution in [0, 0.1) is 12.8 Å². The highest BCUT2D eigenvalue weighted by atomic mass is 16.5. The number of anilines is 1. The third-order valence-corrected chi connectivity index (χ3v) is 3.83. The van der Waals surface area contributed by atoms with Crippen LogP contribution >= 0.6 is 0 Å². The molecular formula is C14H19N5O2. The zero-order chi connectivity index (χ0) is 15.0. The highest BCUT2D eigenvalue weighted by Crippen LogP contribution is 2.34. The molecule has 1 amide bonds. The number of rotatable bonds is 3. The van der Waals surface area contributed by atoms with Gasteiger partial charge in [-0.05, 0) is 19.4 Å². The van der Waals surface area contributed by atoms with Crippen molar-refractivity contribution in [1.29, 1.82) is 0 Å². The van der Waals surface area contributed by atoms with Crippen molar-refractivity contribution in [3.63, 3.8) is 0 Å². The largest absolute Gasteiger partial charge is 0.371 e. The van der Waals surface area contributed by atoms with Crippen LogP contribution in [-0.4, -0.2) is 32.1 Å².